The van der Waals surface area contributed by atoms with Crippen LogP contribution in [0.5, 0.6) is 11.8 Å². The number of esters is 4. The summed E-state index contributed by atoms with van der Waals surface area (Å²) in [4.78, 5) is 68.6. The number of ether oxygens (including phenoxy) is 6. The molecule has 2 atom stereocenters. The molecule has 0 saturated carbocycles. The summed E-state index contributed by atoms with van der Waals surface area (Å²) in [6.07, 6.45) is 5.76. The Balaban J connectivity index is 0.00000107. The van der Waals surface area contributed by atoms with Crippen LogP contribution in [0, 0.1) is 0 Å². The first-order valence-corrected chi connectivity index (χ1v) is 18.9. The second-order valence-electron chi connectivity index (χ2n) is 17.9. The van der Waals surface area contributed by atoms with Crippen molar-refractivity contribution in [2.45, 2.75) is 175 Å². The Morgan fingerprint density at radius 2 is 1.05 bits per heavy atom. The molecule has 0 aliphatic carbocycles. The maximum atomic E-state index is 12.4. The molecule has 0 amide bonds. The largest absolute Gasteiger partial charge is 1.00 e. The van der Waals surface area contributed by atoms with Crippen LogP contribution in [0.4, 0.5) is 0 Å². The summed E-state index contributed by atoms with van der Waals surface area (Å²) in [7, 11) is 0. The van der Waals surface area contributed by atoms with Gasteiger partial charge in [0.15, 0.2) is 29.2 Å². The van der Waals surface area contributed by atoms with Crippen LogP contribution in [-0.4, -0.2) is 91.6 Å². The second-order valence-corrected chi connectivity index (χ2v) is 17.9. The molecule has 0 bridgehead atoms. The van der Waals surface area contributed by atoms with Crippen molar-refractivity contribution in [2.24, 2.45) is 0 Å². The zero-order valence-corrected chi connectivity index (χ0v) is 35.7. The van der Waals surface area contributed by atoms with Gasteiger partial charge in [0.1, 0.15) is 28.5 Å². The summed E-state index contributed by atoms with van der Waals surface area (Å²) in [5.41, 5.74) is 1.03. The SMILES string of the molecule is CC(C)(C)OC(=O)CC[C@@H]1Oc2ncc(CC(=O)OC(C)(C)C)cc2CC1=O.CC(C)(C)OC(=O)CC[C@H]1CCc2cc(CC(=O)OC(C)(C)C)cnc2O1.[AlH3].[H-].[Li+]. The molecule has 2 aliphatic heterocycles. The maximum absolute atomic E-state index is 12.4. The number of carbonyl (C=O) groups excluding carboxylic acids is 5. The van der Waals surface area contributed by atoms with Crippen LogP contribution >= 0.6 is 0 Å². The zero-order valence-electron chi connectivity index (χ0n) is 36.7. The van der Waals surface area contributed by atoms with E-state index in [1.165, 1.54) is 0 Å². The van der Waals surface area contributed by atoms with E-state index < -0.39 is 28.5 Å². The summed E-state index contributed by atoms with van der Waals surface area (Å²) in [5, 5.41) is 0. The van der Waals surface area contributed by atoms with Gasteiger partial charge >= 0.3 is 42.7 Å². The first-order chi connectivity index (χ1) is 25.2. The molecule has 0 N–H and O–H groups in total. The number of hydrogen-bond acceptors (Lipinski definition) is 13. The van der Waals surface area contributed by atoms with Gasteiger partial charge in [-0.1, -0.05) is 0 Å². The maximum Gasteiger partial charge on any atom is 1.00 e. The molecule has 0 saturated heterocycles. The molecule has 57 heavy (non-hydrogen) atoms. The van der Waals surface area contributed by atoms with Gasteiger partial charge < -0.3 is 29.8 Å². The van der Waals surface area contributed by atoms with Gasteiger partial charge in [-0.2, -0.15) is 0 Å². The van der Waals surface area contributed by atoms with Crippen LogP contribution in [0.3, 0.4) is 0 Å². The normalized spacial score (nSPS) is 16.2. The minimum Gasteiger partial charge on any atom is -1.00 e. The number of hydrogen-bond donors (Lipinski definition) is 0. The quantitative estimate of drug-likeness (QED) is 0.196. The number of nitrogens with zero attached hydrogens (tertiary/aromatic N) is 2. The van der Waals surface area contributed by atoms with Crippen molar-refractivity contribution in [3.8, 4) is 11.8 Å². The number of rotatable bonds is 10. The van der Waals surface area contributed by atoms with E-state index in [9.17, 15) is 24.0 Å². The van der Waals surface area contributed by atoms with Crippen molar-refractivity contribution in [3.63, 3.8) is 0 Å². The van der Waals surface area contributed by atoms with E-state index in [1.54, 1.807) is 60.0 Å². The van der Waals surface area contributed by atoms with Gasteiger partial charge in [0.2, 0.25) is 11.8 Å². The van der Waals surface area contributed by atoms with Crippen LogP contribution < -0.4 is 28.3 Å². The fourth-order valence-corrected chi connectivity index (χ4v) is 5.67. The summed E-state index contributed by atoms with van der Waals surface area (Å²) >= 11 is 0. The molecule has 2 aromatic heterocycles. The number of aryl methyl sites for hydroxylation is 1. The summed E-state index contributed by atoms with van der Waals surface area (Å²) in [6, 6.07) is 3.70. The molecule has 312 valence electrons. The van der Waals surface area contributed by atoms with Gasteiger partial charge in [-0.25, -0.2) is 9.97 Å². The molecule has 2 aliphatic rings. The fourth-order valence-electron chi connectivity index (χ4n) is 5.67. The zero-order chi connectivity index (χ0) is 41.4. The third kappa shape index (κ3) is 20.2. The van der Waals surface area contributed by atoms with Gasteiger partial charge in [-0.15, -0.1) is 0 Å². The number of Topliss-reactive ketones (excluding diaryl/α,β-unsaturated/α-hetero) is 1. The summed E-state index contributed by atoms with van der Waals surface area (Å²) in [6.45, 7) is 21.9. The van der Waals surface area contributed by atoms with Crippen molar-refractivity contribution in [1.82, 2.24) is 9.97 Å². The van der Waals surface area contributed by atoms with E-state index in [0.29, 0.717) is 35.7 Å². The Labute approximate surface area is 362 Å². The first-order valence-electron chi connectivity index (χ1n) is 18.9. The van der Waals surface area contributed by atoms with Crippen molar-refractivity contribution in [3.05, 3.63) is 46.8 Å². The van der Waals surface area contributed by atoms with Gasteiger partial charge in [-0.05, 0) is 126 Å². The Morgan fingerprint density at radius 3 is 1.51 bits per heavy atom. The van der Waals surface area contributed by atoms with Crippen molar-refractivity contribution in [2.75, 3.05) is 0 Å². The van der Waals surface area contributed by atoms with Crippen molar-refractivity contribution < 1.29 is 72.7 Å². The molecule has 2 aromatic rings. The Bertz CT molecular complexity index is 1710. The summed E-state index contributed by atoms with van der Waals surface area (Å²) in [5.74, 6) is -0.367. The molecule has 0 fully saturated rings. The predicted octanol–water partition coefficient (Wildman–Crippen LogP) is 2.67. The van der Waals surface area contributed by atoms with Crippen LogP contribution in [0.15, 0.2) is 24.5 Å². The third-order valence-electron chi connectivity index (χ3n) is 7.61. The number of fused-ring (bicyclic) bond motifs is 2. The molecule has 15 heteroatoms. The predicted molar refractivity (Wildman–Crippen MR) is 215 cm³/mol. The second kappa shape index (κ2) is 21.5. The van der Waals surface area contributed by atoms with Crippen LogP contribution in [0.1, 0.15) is 139 Å². The van der Waals surface area contributed by atoms with Crippen LogP contribution in [-0.2, 0) is 68.6 Å². The Morgan fingerprint density at radius 1 is 0.649 bits per heavy atom. The minimum atomic E-state index is -0.718. The number of aromatic nitrogens is 2. The Hall–Kier alpha value is -3.42. The van der Waals surface area contributed by atoms with Crippen molar-refractivity contribution >= 4 is 47.0 Å². The molecule has 0 spiro atoms. The topological polar surface area (TPSA) is 167 Å². The molecule has 13 nitrogen and oxygen atoms in total. The molecule has 0 aromatic carbocycles. The molecular weight excluding hydrogens is 742 g/mol. The molecule has 4 heterocycles. The Kier molecular flexibility index (Phi) is 19.5. The monoisotopic (exact) mass is 806 g/mol. The van der Waals surface area contributed by atoms with Gasteiger partial charge in [0, 0.05) is 49.2 Å². The van der Waals surface area contributed by atoms with E-state index in [0.717, 1.165) is 24.0 Å². The molecule has 0 unspecified atom stereocenters. The fraction of sp³-hybridized carbons (Fsp3) is 0.643. The standard InChI is InChI=1S/C21H29NO6.C21H31NO5.Al.Li.4H/c1-20(2,3)27-17(24)8-7-16-15(23)11-14-9-13(12-22-19(14)26-16)10-18(25)28-21(4,5)6;1-20(2,3)26-17(23)10-9-16-8-7-15-11-14(13-22-19(15)25-16)12-18(24)27-21(4,5)6;;;;;;/h9,12,16H,7-8,10-11H2,1-6H3;11,13,16H,7-10,12H2,1-6H3;;;;;;/q;;;+1;;;;-1/t2*16-;;;;;;/m01....../s1. The van der Waals surface area contributed by atoms with Crippen molar-refractivity contribution in [1.29, 1.82) is 0 Å². The first kappa shape index (κ1) is 51.6. The average Bonchev–Trinajstić information content (AvgIpc) is 2.99. The van der Waals surface area contributed by atoms with E-state index >= 15 is 0 Å². The van der Waals surface area contributed by atoms with E-state index in [4.69, 9.17) is 28.4 Å². The molecule has 0 radical (unpaired) electrons. The average molecular weight is 807 g/mol. The number of carbonyl (C=O) groups is 5. The van der Waals surface area contributed by atoms with Crippen LogP contribution in [0.25, 0.3) is 0 Å². The van der Waals surface area contributed by atoms with Gasteiger partial charge in [0.25, 0.3) is 0 Å². The molecular formula is C42H64AlLiN2O11. The molecule has 4 rings (SSSR count). The van der Waals surface area contributed by atoms with E-state index in [2.05, 4.69) is 9.97 Å². The van der Waals surface area contributed by atoms with E-state index in [-0.39, 0.29) is 106 Å². The van der Waals surface area contributed by atoms with Crippen LogP contribution in [0.2, 0.25) is 0 Å². The minimum absolute atomic E-state index is 0. The smallest absolute Gasteiger partial charge is 1.00 e. The van der Waals surface area contributed by atoms with Gasteiger partial charge in [0.05, 0.1) is 12.8 Å². The van der Waals surface area contributed by atoms with E-state index in [1.807, 2.05) is 47.6 Å². The summed E-state index contributed by atoms with van der Waals surface area (Å²) < 4.78 is 32.8. The number of pyridine rings is 2. The number of ketones is 1. The van der Waals surface area contributed by atoms with Gasteiger partial charge in [-0.3, -0.25) is 24.0 Å². The third-order valence-corrected chi connectivity index (χ3v) is 7.61.